The summed E-state index contributed by atoms with van der Waals surface area (Å²) in [6, 6.07) is 11.6. The van der Waals surface area contributed by atoms with Crippen LogP contribution in [0.2, 0.25) is 0 Å². The first-order valence-electron chi connectivity index (χ1n) is 8.30. The zero-order valence-corrected chi connectivity index (χ0v) is 15.4. The molecular weight excluding hydrogens is 312 g/mol. The minimum absolute atomic E-state index is 0.0498. The predicted molar refractivity (Wildman–Crippen MR) is 99.3 cm³/mol. The second-order valence-corrected chi connectivity index (χ2v) is 6.69. The first kappa shape index (κ1) is 18.5. The van der Waals surface area contributed by atoms with Gasteiger partial charge in [0, 0.05) is 30.3 Å². The van der Waals surface area contributed by atoms with Crippen molar-refractivity contribution in [3.8, 4) is 17.7 Å². The lowest BCUT2D eigenvalue weighted by Gasteiger charge is -2.26. The Hall–Kier alpha value is -2.80. The van der Waals surface area contributed by atoms with Gasteiger partial charge in [0.25, 0.3) is 0 Å². The zero-order chi connectivity index (χ0) is 18.4. The van der Waals surface area contributed by atoms with Crippen molar-refractivity contribution in [2.75, 3.05) is 0 Å². The van der Waals surface area contributed by atoms with E-state index in [0.29, 0.717) is 5.88 Å². The molecule has 0 aliphatic heterocycles. The minimum atomic E-state index is -0.409. The van der Waals surface area contributed by atoms with E-state index in [1.54, 1.807) is 6.20 Å². The van der Waals surface area contributed by atoms with Gasteiger partial charge in [0.05, 0.1) is 11.6 Å². The van der Waals surface area contributed by atoms with Crippen LogP contribution < -0.4 is 10.1 Å². The Morgan fingerprint density at radius 1 is 1.08 bits per heavy atom. The summed E-state index contributed by atoms with van der Waals surface area (Å²) in [7, 11) is 0. The second-order valence-electron chi connectivity index (χ2n) is 6.69. The topological polar surface area (TPSA) is 51.2 Å². The molecular formula is C21H24N2O2. The summed E-state index contributed by atoms with van der Waals surface area (Å²) in [6.45, 7) is 9.40. The monoisotopic (exact) mass is 336 g/mol. The van der Waals surface area contributed by atoms with E-state index in [0.717, 1.165) is 16.7 Å². The summed E-state index contributed by atoms with van der Waals surface area (Å²) < 4.78 is 5.52. The Bertz CT molecular complexity index is 779. The SMILES string of the molecule is CC(=O)NC(C)(C)c1ccc(C#Cc2ccc(OC(C)C)nc2)cc1. The third-order valence-electron chi connectivity index (χ3n) is 3.54. The number of amides is 1. The van der Waals surface area contributed by atoms with Gasteiger partial charge in [-0.05, 0) is 51.5 Å². The molecule has 1 aromatic heterocycles. The lowest BCUT2D eigenvalue weighted by Crippen LogP contribution is -2.39. The molecule has 130 valence electrons. The quantitative estimate of drug-likeness (QED) is 0.867. The maximum atomic E-state index is 11.3. The lowest BCUT2D eigenvalue weighted by atomic mass is 9.93. The Balaban J connectivity index is 2.09. The highest BCUT2D eigenvalue weighted by Gasteiger charge is 2.20. The molecule has 2 aromatic rings. The molecule has 4 heteroatoms. The fourth-order valence-electron chi connectivity index (χ4n) is 2.39. The van der Waals surface area contributed by atoms with Gasteiger partial charge >= 0.3 is 0 Å². The lowest BCUT2D eigenvalue weighted by molar-refractivity contribution is -0.120. The smallest absolute Gasteiger partial charge is 0.217 e. The van der Waals surface area contributed by atoms with Gasteiger partial charge in [0.2, 0.25) is 11.8 Å². The van der Waals surface area contributed by atoms with E-state index in [1.807, 2.05) is 64.1 Å². The van der Waals surface area contributed by atoms with E-state index in [2.05, 4.69) is 22.1 Å². The number of rotatable bonds is 4. The van der Waals surface area contributed by atoms with E-state index in [-0.39, 0.29) is 12.0 Å². The van der Waals surface area contributed by atoms with Crippen molar-refractivity contribution in [2.45, 2.75) is 46.3 Å². The van der Waals surface area contributed by atoms with Gasteiger partial charge in [-0.3, -0.25) is 4.79 Å². The molecule has 4 nitrogen and oxygen atoms in total. The van der Waals surface area contributed by atoms with Gasteiger partial charge < -0.3 is 10.1 Å². The Morgan fingerprint density at radius 2 is 1.68 bits per heavy atom. The van der Waals surface area contributed by atoms with Gasteiger partial charge in [-0.25, -0.2) is 4.98 Å². The molecule has 0 saturated heterocycles. The van der Waals surface area contributed by atoms with E-state index < -0.39 is 5.54 Å². The van der Waals surface area contributed by atoms with Crippen molar-refractivity contribution in [3.05, 3.63) is 59.3 Å². The first-order chi connectivity index (χ1) is 11.8. The largest absolute Gasteiger partial charge is 0.475 e. The highest BCUT2D eigenvalue weighted by atomic mass is 16.5. The Morgan fingerprint density at radius 3 is 2.20 bits per heavy atom. The molecule has 1 amide bonds. The summed E-state index contributed by atoms with van der Waals surface area (Å²) in [6.07, 6.45) is 1.81. The number of aromatic nitrogens is 1. The molecule has 1 aromatic carbocycles. The number of pyridine rings is 1. The van der Waals surface area contributed by atoms with Crippen molar-refractivity contribution >= 4 is 5.91 Å². The minimum Gasteiger partial charge on any atom is -0.475 e. The number of ether oxygens (including phenoxy) is 1. The summed E-state index contributed by atoms with van der Waals surface area (Å²) in [5, 5.41) is 2.94. The molecule has 0 aliphatic carbocycles. The number of hydrogen-bond acceptors (Lipinski definition) is 3. The summed E-state index contributed by atoms with van der Waals surface area (Å²) in [5.41, 5.74) is 2.36. The van der Waals surface area contributed by atoms with Crippen LogP contribution in [0.5, 0.6) is 5.88 Å². The highest BCUT2D eigenvalue weighted by molar-refractivity contribution is 5.74. The standard InChI is InChI=1S/C21H24N2O2/c1-15(2)25-20-13-10-18(14-22-20)7-6-17-8-11-19(12-9-17)21(4,5)23-16(3)24/h8-15H,1-5H3,(H,23,24). The molecule has 0 atom stereocenters. The van der Waals surface area contributed by atoms with Gasteiger partial charge in [0.15, 0.2) is 0 Å². The normalized spacial score (nSPS) is 10.8. The summed E-state index contributed by atoms with van der Waals surface area (Å²) in [4.78, 5) is 15.5. The van der Waals surface area contributed by atoms with Crippen molar-refractivity contribution in [1.29, 1.82) is 0 Å². The van der Waals surface area contributed by atoms with E-state index >= 15 is 0 Å². The van der Waals surface area contributed by atoms with Crippen LogP contribution >= 0.6 is 0 Å². The fourth-order valence-corrected chi connectivity index (χ4v) is 2.39. The molecule has 1 heterocycles. The van der Waals surface area contributed by atoms with Crippen LogP contribution in [0.25, 0.3) is 0 Å². The molecule has 2 rings (SSSR count). The number of carbonyl (C=O) groups is 1. The van der Waals surface area contributed by atoms with Crippen LogP contribution in [0, 0.1) is 11.8 Å². The van der Waals surface area contributed by atoms with E-state index in [9.17, 15) is 4.79 Å². The molecule has 0 fully saturated rings. The van der Waals surface area contributed by atoms with Crippen LogP contribution in [-0.4, -0.2) is 17.0 Å². The molecule has 0 bridgehead atoms. The third-order valence-corrected chi connectivity index (χ3v) is 3.54. The van der Waals surface area contributed by atoms with Gasteiger partial charge in [-0.15, -0.1) is 0 Å². The second kappa shape index (κ2) is 7.85. The highest BCUT2D eigenvalue weighted by Crippen LogP contribution is 2.20. The number of carbonyl (C=O) groups excluding carboxylic acids is 1. The molecule has 0 radical (unpaired) electrons. The molecule has 0 unspecified atom stereocenters. The predicted octanol–water partition coefficient (Wildman–Crippen LogP) is 3.64. The summed E-state index contributed by atoms with van der Waals surface area (Å²) in [5.74, 6) is 6.77. The van der Waals surface area contributed by atoms with Gasteiger partial charge in [-0.2, -0.15) is 0 Å². The van der Waals surface area contributed by atoms with Crippen LogP contribution in [0.1, 0.15) is 51.3 Å². The molecule has 0 spiro atoms. The van der Waals surface area contributed by atoms with Gasteiger partial charge in [-0.1, -0.05) is 24.0 Å². The number of benzene rings is 1. The first-order valence-corrected chi connectivity index (χ1v) is 8.30. The Labute approximate surface area is 149 Å². The van der Waals surface area contributed by atoms with E-state index in [1.165, 1.54) is 6.92 Å². The van der Waals surface area contributed by atoms with Crippen LogP contribution in [0.15, 0.2) is 42.6 Å². The number of nitrogens with one attached hydrogen (secondary N) is 1. The fraction of sp³-hybridized carbons (Fsp3) is 0.333. The zero-order valence-electron chi connectivity index (χ0n) is 15.4. The van der Waals surface area contributed by atoms with Crippen molar-refractivity contribution < 1.29 is 9.53 Å². The molecule has 0 aliphatic rings. The molecule has 25 heavy (non-hydrogen) atoms. The average Bonchev–Trinajstić information content (AvgIpc) is 2.53. The van der Waals surface area contributed by atoms with Crippen LogP contribution in [0.3, 0.4) is 0 Å². The van der Waals surface area contributed by atoms with Crippen molar-refractivity contribution in [1.82, 2.24) is 10.3 Å². The Kier molecular flexibility index (Phi) is 5.82. The third kappa shape index (κ3) is 5.65. The van der Waals surface area contributed by atoms with Crippen molar-refractivity contribution in [2.24, 2.45) is 0 Å². The number of hydrogen-bond donors (Lipinski definition) is 1. The van der Waals surface area contributed by atoms with Crippen LogP contribution in [-0.2, 0) is 10.3 Å². The number of nitrogens with zero attached hydrogens (tertiary/aromatic N) is 1. The maximum absolute atomic E-state index is 11.3. The summed E-state index contributed by atoms with van der Waals surface area (Å²) >= 11 is 0. The average molecular weight is 336 g/mol. The van der Waals surface area contributed by atoms with Crippen molar-refractivity contribution in [3.63, 3.8) is 0 Å². The van der Waals surface area contributed by atoms with E-state index in [4.69, 9.17) is 4.74 Å². The van der Waals surface area contributed by atoms with Crippen LogP contribution in [0.4, 0.5) is 0 Å². The van der Waals surface area contributed by atoms with Gasteiger partial charge in [0.1, 0.15) is 0 Å². The molecule has 0 saturated carbocycles. The molecule has 1 N–H and O–H groups in total. The maximum Gasteiger partial charge on any atom is 0.217 e.